The van der Waals surface area contributed by atoms with Gasteiger partial charge in [-0.1, -0.05) is 110 Å². The normalized spacial score (nSPS) is 12.8. The molecule has 1 radical (unpaired) electrons. The van der Waals surface area contributed by atoms with Crippen molar-refractivity contribution in [1.82, 2.24) is 9.97 Å². The largest absolute Gasteiger partial charge is 0.512 e. The number of hydrogen-bond acceptors (Lipinski definition) is 4. The van der Waals surface area contributed by atoms with E-state index in [9.17, 15) is 9.90 Å². The van der Waals surface area contributed by atoms with E-state index in [1.54, 1.807) is 0 Å². The Morgan fingerprint density at radius 1 is 0.917 bits per heavy atom. The van der Waals surface area contributed by atoms with Crippen LogP contribution in [0.5, 0.6) is 0 Å². The van der Waals surface area contributed by atoms with Gasteiger partial charge >= 0.3 is 0 Å². The Labute approximate surface area is 303 Å². The molecule has 1 aliphatic rings. The van der Waals surface area contributed by atoms with E-state index in [0.29, 0.717) is 5.92 Å². The summed E-state index contributed by atoms with van der Waals surface area (Å²) in [7, 11) is 0. The first-order valence-corrected chi connectivity index (χ1v) is 17.8. The third-order valence-corrected chi connectivity index (χ3v) is 9.50. The fraction of sp³-hybridized carbons (Fsp3) is 0.465. The maximum absolute atomic E-state index is 11.7. The van der Waals surface area contributed by atoms with Crippen LogP contribution in [0.2, 0.25) is 0 Å². The van der Waals surface area contributed by atoms with Crippen LogP contribution in [0.4, 0.5) is 0 Å². The van der Waals surface area contributed by atoms with Crippen LogP contribution in [0.3, 0.4) is 0 Å². The zero-order valence-corrected chi connectivity index (χ0v) is 32.9. The van der Waals surface area contributed by atoms with Gasteiger partial charge in [-0.15, -0.1) is 29.1 Å². The molecule has 1 aromatic heterocycles. The second-order valence-corrected chi connectivity index (χ2v) is 14.5. The summed E-state index contributed by atoms with van der Waals surface area (Å²) in [6.45, 7) is 19.4. The van der Waals surface area contributed by atoms with E-state index in [4.69, 9.17) is 9.97 Å². The second kappa shape index (κ2) is 17.5. The minimum atomic E-state index is 0. The van der Waals surface area contributed by atoms with Gasteiger partial charge < -0.3 is 5.11 Å². The van der Waals surface area contributed by atoms with Gasteiger partial charge in [0.25, 0.3) is 0 Å². The molecule has 0 saturated heterocycles. The number of rotatable bonds is 10. The number of carbonyl (C=O) groups is 1. The summed E-state index contributed by atoms with van der Waals surface area (Å²) in [5, 5.41) is 12.1. The smallest absolute Gasteiger partial charge is 0.162 e. The van der Waals surface area contributed by atoms with Gasteiger partial charge in [0.2, 0.25) is 0 Å². The maximum atomic E-state index is 11.7. The Kier molecular flexibility index (Phi) is 14.3. The van der Waals surface area contributed by atoms with Gasteiger partial charge in [-0.05, 0) is 73.0 Å². The van der Waals surface area contributed by atoms with Crippen molar-refractivity contribution in [2.24, 2.45) is 17.8 Å². The fourth-order valence-corrected chi connectivity index (χ4v) is 6.66. The molecule has 0 fully saturated rings. The van der Waals surface area contributed by atoms with Crippen molar-refractivity contribution in [2.75, 3.05) is 0 Å². The Bertz CT molecular complexity index is 1710. The molecule has 0 unspecified atom stereocenters. The van der Waals surface area contributed by atoms with Crippen molar-refractivity contribution >= 4 is 16.6 Å². The van der Waals surface area contributed by atoms with Crippen LogP contribution in [0, 0.1) is 23.8 Å². The zero-order chi connectivity index (χ0) is 34.3. The summed E-state index contributed by atoms with van der Waals surface area (Å²) < 4.78 is 0. The molecule has 0 amide bonds. The number of nitrogens with zero attached hydrogens (tertiary/aromatic N) is 2. The summed E-state index contributed by atoms with van der Waals surface area (Å²) in [6.07, 6.45) is 10.1. The molecule has 0 spiro atoms. The van der Waals surface area contributed by atoms with Gasteiger partial charge in [0.05, 0.1) is 17.3 Å². The van der Waals surface area contributed by atoms with Crippen LogP contribution in [0.1, 0.15) is 110 Å². The fourth-order valence-electron chi connectivity index (χ4n) is 6.66. The molecular formula is C43H55IrN2O2-. The van der Waals surface area contributed by atoms with Gasteiger partial charge in [-0.3, -0.25) is 14.8 Å². The third-order valence-electron chi connectivity index (χ3n) is 9.50. The summed E-state index contributed by atoms with van der Waals surface area (Å²) in [5.41, 5.74) is 8.74. The first-order valence-electron chi connectivity index (χ1n) is 17.8. The van der Waals surface area contributed by atoms with Gasteiger partial charge in [0, 0.05) is 49.8 Å². The van der Waals surface area contributed by atoms with Gasteiger partial charge in [0.15, 0.2) is 5.78 Å². The quantitative estimate of drug-likeness (QED) is 0.0983. The average Bonchev–Trinajstić information content (AvgIpc) is 3.04. The van der Waals surface area contributed by atoms with Gasteiger partial charge in [-0.25, -0.2) is 0 Å². The Balaban J connectivity index is 0.000000334. The van der Waals surface area contributed by atoms with E-state index < -0.39 is 0 Å². The maximum Gasteiger partial charge on any atom is 0.162 e. The SMILES string of the molecule is CC(C)Cc1ccc2c(c1)CCc1cnc(-c3[c-]c4ccccc4c(C(C)(C)C)c3)nc1-2.CCC(CC)C(=O)/C=C(\O)C(CC)CC.[Ir]. The number of aryl methyl sites for hydroxylation is 2. The minimum Gasteiger partial charge on any atom is -0.512 e. The van der Waals surface area contributed by atoms with Crippen molar-refractivity contribution in [3.05, 3.63) is 94.9 Å². The second-order valence-electron chi connectivity index (χ2n) is 14.5. The van der Waals surface area contributed by atoms with Crippen molar-refractivity contribution in [2.45, 2.75) is 113 Å². The molecule has 0 aliphatic heterocycles. The zero-order valence-electron chi connectivity index (χ0n) is 30.5. The predicted octanol–water partition coefficient (Wildman–Crippen LogP) is 11.2. The number of fused-ring (bicyclic) bond motifs is 4. The molecule has 4 nitrogen and oxygen atoms in total. The van der Waals surface area contributed by atoms with E-state index in [0.717, 1.165) is 67.4 Å². The number of carbonyl (C=O) groups excluding carboxylic acids is 1. The number of hydrogen-bond donors (Lipinski definition) is 1. The number of benzene rings is 3. The van der Waals surface area contributed by atoms with Crippen molar-refractivity contribution < 1.29 is 30.0 Å². The molecule has 1 heterocycles. The number of aromatic nitrogens is 2. The first kappa shape index (κ1) is 39.3. The van der Waals surface area contributed by atoms with E-state index in [-0.39, 0.29) is 48.9 Å². The molecule has 1 N–H and O–H groups in total. The molecule has 5 rings (SSSR count). The molecular weight excluding hydrogens is 769 g/mol. The Morgan fingerprint density at radius 2 is 1.56 bits per heavy atom. The molecule has 1 aliphatic carbocycles. The summed E-state index contributed by atoms with van der Waals surface area (Å²) in [6, 6.07) is 21.3. The van der Waals surface area contributed by atoms with Crippen LogP contribution in [0.15, 0.2) is 66.6 Å². The third kappa shape index (κ3) is 9.51. The topological polar surface area (TPSA) is 63.1 Å². The minimum absolute atomic E-state index is 0. The van der Waals surface area contributed by atoms with Crippen LogP contribution in [-0.2, 0) is 49.6 Å². The molecule has 0 saturated carbocycles. The summed E-state index contributed by atoms with van der Waals surface area (Å²) >= 11 is 0. The van der Waals surface area contributed by atoms with Crippen molar-refractivity contribution in [3.63, 3.8) is 0 Å². The molecule has 4 aromatic rings. The molecule has 0 bridgehead atoms. The van der Waals surface area contributed by atoms with Gasteiger partial charge in [0.1, 0.15) is 0 Å². The molecule has 48 heavy (non-hydrogen) atoms. The van der Waals surface area contributed by atoms with Crippen LogP contribution >= 0.6 is 0 Å². The summed E-state index contributed by atoms with van der Waals surface area (Å²) in [4.78, 5) is 21.6. The number of aliphatic hydroxyl groups is 1. The van der Waals surface area contributed by atoms with Crippen molar-refractivity contribution in [3.8, 4) is 22.6 Å². The van der Waals surface area contributed by atoms with E-state index in [1.807, 2.05) is 33.9 Å². The number of ketones is 1. The number of allylic oxidation sites excluding steroid dienone is 2. The van der Waals surface area contributed by atoms with Crippen LogP contribution < -0.4 is 0 Å². The van der Waals surface area contributed by atoms with E-state index in [2.05, 4.69) is 89.2 Å². The standard InChI is InChI=1S/C30H31N2.C13H24O2.Ir/c1-19(2)14-20-10-13-26-22(15-20)11-12-23-18-31-29(32-28(23)26)24-16-21-8-6-7-9-25(21)27(17-24)30(3,4)5;1-5-10(6-2)12(14)9-13(15)11(7-3)8-4;/h6-10,13,15,17-19H,11-12,14H2,1-5H3;9-11,14H,5-8H2,1-4H3;/q-1;;/b;12-9-;. The monoisotopic (exact) mass is 824 g/mol. The van der Waals surface area contributed by atoms with Crippen molar-refractivity contribution in [1.29, 1.82) is 0 Å². The van der Waals surface area contributed by atoms with E-state index >= 15 is 0 Å². The average molecular weight is 824 g/mol. The summed E-state index contributed by atoms with van der Waals surface area (Å²) in [5.74, 6) is 1.98. The van der Waals surface area contributed by atoms with E-state index in [1.165, 1.54) is 39.3 Å². The molecule has 0 atom stereocenters. The van der Waals surface area contributed by atoms with Crippen LogP contribution in [-0.4, -0.2) is 20.9 Å². The molecule has 3 aromatic carbocycles. The molecule has 5 heteroatoms. The first-order chi connectivity index (χ1) is 22.4. The number of aliphatic hydroxyl groups excluding tert-OH is 1. The predicted molar refractivity (Wildman–Crippen MR) is 198 cm³/mol. The molecule has 259 valence electrons. The Morgan fingerprint density at radius 3 is 2.19 bits per heavy atom. The van der Waals surface area contributed by atoms with Crippen LogP contribution in [0.25, 0.3) is 33.4 Å². The Hall–Kier alpha value is -3.14. The van der Waals surface area contributed by atoms with Gasteiger partial charge in [-0.2, -0.15) is 0 Å².